The number of hydrogen-bond acceptors (Lipinski definition) is 7. The molecule has 0 aliphatic heterocycles. The molecule has 1 unspecified atom stereocenters. The molecule has 5 rings (SSSR count). The average Bonchev–Trinajstić information content (AvgIpc) is 3.54. The standard InChI is InChI=1S/C30H33N5O5/c1-19(28-32-23-11-9-22(36)17-25(23)33-28)29-34-24-10-8-20(16-26(24)35(29)2)30(37)31-12-13-40-27-7-5-4-6-21(27)18-39-15-14-38-3/h4-11,16-17,19,36H,12-15,18H2,1-3H3,(H,31,37)(H,32,33). The van der Waals surface area contributed by atoms with Gasteiger partial charge in [-0.1, -0.05) is 18.2 Å². The smallest absolute Gasteiger partial charge is 0.251 e. The van der Waals surface area contributed by atoms with Crippen LogP contribution in [0.4, 0.5) is 0 Å². The number of phenols is 1. The molecule has 10 nitrogen and oxygen atoms in total. The average molecular weight is 544 g/mol. The van der Waals surface area contributed by atoms with Crippen molar-refractivity contribution in [3.05, 3.63) is 83.4 Å². The minimum atomic E-state index is -0.186. The van der Waals surface area contributed by atoms with Gasteiger partial charge in [0, 0.05) is 31.4 Å². The highest BCUT2D eigenvalue weighted by Crippen LogP contribution is 2.28. The molecule has 40 heavy (non-hydrogen) atoms. The van der Waals surface area contributed by atoms with Crippen molar-refractivity contribution in [2.45, 2.75) is 19.4 Å². The van der Waals surface area contributed by atoms with E-state index in [4.69, 9.17) is 19.2 Å². The molecule has 0 fully saturated rings. The zero-order valence-electron chi connectivity index (χ0n) is 22.8. The maximum Gasteiger partial charge on any atom is 0.251 e. The summed E-state index contributed by atoms with van der Waals surface area (Å²) in [5, 5.41) is 12.7. The second-order valence-corrected chi connectivity index (χ2v) is 9.54. The van der Waals surface area contributed by atoms with E-state index < -0.39 is 0 Å². The summed E-state index contributed by atoms with van der Waals surface area (Å²) in [7, 11) is 3.57. The van der Waals surface area contributed by atoms with Crippen LogP contribution in [0.15, 0.2) is 60.7 Å². The van der Waals surface area contributed by atoms with Crippen molar-refractivity contribution in [1.29, 1.82) is 0 Å². The number of rotatable bonds is 12. The fourth-order valence-corrected chi connectivity index (χ4v) is 4.60. The third-order valence-corrected chi connectivity index (χ3v) is 6.77. The Hall–Kier alpha value is -4.41. The van der Waals surface area contributed by atoms with Crippen LogP contribution in [0, 0.1) is 0 Å². The summed E-state index contributed by atoms with van der Waals surface area (Å²) in [5.74, 6) is 2.16. The van der Waals surface area contributed by atoms with Gasteiger partial charge in [0.25, 0.3) is 5.91 Å². The van der Waals surface area contributed by atoms with Gasteiger partial charge in [-0.15, -0.1) is 0 Å². The van der Waals surface area contributed by atoms with Gasteiger partial charge in [-0.2, -0.15) is 0 Å². The number of imidazole rings is 2. The number of fused-ring (bicyclic) bond motifs is 2. The largest absolute Gasteiger partial charge is 0.508 e. The number of methoxy groups -OCH3 is 1. The first-order chi connectivity index (χ1) is 19.4. The van der Waals surface area contributed by atoms with Crippen molar-refractivity contribution in [3.8, 4) is 11.5 Å². The van der Waals surface area contributed by atoms with E-state index in [2.05, 4.69) is 15.3 Å². The topological polar surface area (TPSA) is 124 Å². The van der Waals surface area contributed by atoms with E-state index >= 15 is 0 Å². The van der Waals surface area contributed by atoms with Crippen LogP contribution in [-0.2, 0) is 23.1 Å². The Bertz CT molecular complexity index is 1630. The van der Waals surface area contributed by atoms with Gasteiger partial charge in [0.15, 0.2) is 0 Å². The molecule has 0 aliphatic carbocycles. The molecule has 3 aromatic carbocycles. The summed E-state index contributed by atoms with van der Waals surface area (Å²) in [6.07, 6.45) is 0. The van der Waals surface area contributed by atoms with E-state index in [9.17, 15) is 9.90 Å². The van der Waals surface area contributed by atoms with Gasteiger partial charge >= 0.3 is 0 Å². The molecule has 0 saturated heterocycles. The van der Waals surface area contributed by atoms with Crippen LogP contribution in [-0.4, -0.2) is 64.0 Å². The Labute approximate surface area is 231 Å². The normalized spacial score (nSPS) is 12.2. The third kappa shape index (κ3) is 5.93. The zero-order chi connectivity index (χ0) is 28.1. The number of nitrogens with one attached hydrogen (secondary N) is 2. The molecule has 1 amide bonds. The van der Waals surface area contributed by atoms with E-state index in [0.29, 0.717) is 38.5 Å². The predicted molar refractivity (Wildman–Crippen MR) is 152 cm³/mol. The quantitative estimate of drug-likeness (QED) is 0.201. The van der Waals surface area contributed by atoms with E-state index in [1.54, 1.807) is 31.4 Å². The number of phenolic OH excluding ortho intramolecular Hbond substituents is 1. The summed E-state index contributed by atoms with van der Waals surface area (Å²) >= 11 is 0. The van der Waals surface area contributed by atoms with Crippen LogP contribution in [0.3, 0.4) is 0 Å². The molecule has 0 bridgehead atoms. The van der Waals surface area contributed by atoms with Crippen LogP contribution in [0.5, 0.6) is 11.5 Å². The lowest BCUT2D eigenvalue weighted by molar-refractivity contribution is 0.0605. The number of amides is 1. The molecule has 2 heterocycles. The molecule has 10 heteroatoms. The summed E-state index contributed by atoms with van der Waals surface area (Å²) in [4.78, 5) is 25.7. The number of aryl methyl sites for hydroxylation is 1. The maximum atomic E-state index is 12.9. The van der Waals surface area contributed by atoms with Crippen LogP contribution in [0.1, 0.15) is 40.4 Å². The Morgan fingerprint density at radius 2 is 1.88 bits per heavy atom. The Morgan fingerprint density at radius 3 is 2.73 bits per heavy atom. The van der Waals surface area contributed by atoms with Gasteiger partial charge in [0.2, 0.25) is 0 Å². The van der Waals surface area contributed by atoms with Crippen molar-refractivity contribution in [1.82, 2.24) is 24.8 Å². The van der Waals surface area contributed by atoms with Gasteiger partial charge in [0.1, 0.15) is 29.8 Å². The summed E-state index contributed by atoms with van der Waals surface area (Å²) in [6.45, 7) is 4.17. The second kappa shape index (κ2) is 12.2. The highest BCUT2D eigenvalue weighted by Gasteiger charge is 2.20. The predicted octanol–water partition coefficient (Wildman–Crippen LogP) is 4.28. The van der Waals surface area contributed by atoms with E-state index in [0.717, 1.165) is 45.0 Å². The molecule has 208 valence electrons. The van der Waals surface area contributed by atoms with Crippen molar-refractivity contribution in [3.63, 3.8) is 0 Å². The number of para-hydroxylation sites is 1. The number of benzene rings is 3. The lowest BCUT2D eigenvalue weighted by Gasteiger charge is -2.12. The number of hydrogen-bond donors (Lipinski definition) is 3. The first kappa shape index (κ1) is 27.2. The Kier molecular flexibility index (Phi) is 8.28. The van der Waals surface area contributed by atoms with Gasteiger partial charge in [-0.25, -0.2) is 9.97 Å². The molecule has 0 spiro atoms. The van der Waals surface area contributed by atoms with E-state index in [-0.39, 0.29) is 17.6 Å². The Morgan fingerprint density at radius 1 is 1.05 bits per heavy atom. The molecule has 1 atom stereocenters. The monoisotopic (exact) mass is 543 g/mol. The van der Waals surface area contributed by atoms with Crippen molar-refractivity contribution < 1.29 is 24.1 Å². The van der Waals surface area contributed by atoms with Crippen LogP contribution >= 0.6 is 0 Å². The van der Waals surface area contributed by atoms with Crippen LogP contribution in [0.25, 0.3) is 22.1 Å². The zero-order valence-corrected chi connectivity index (χ0v) is 22.8. The fourth-order valence-electron chi connectivity index (χ4n) is 4.60. The molecular formula is C30H33N5O5. The highest BCUT2D eigenvalue weighted by atomic mass is 16.5. The number of aromatic hydroxyl groups is 1. The number of aromatic amines is 1. The summed E-state index contributed by atoms with van der Waals surface area (Å²) in [5.41, 5.74) is 4.67. The van der Waals surface area contributed by atoms with Crippen LogP contribution < -0.4 is 10.1 Å². The molecule has 2 aromatic heterocycles. The third-order valence-electron chi connectivity index (χ3n) is 6.77. The number of carbonyl (C=O) groups excluding carboxylic acids is 1. The van der Waals surface area contributed by atoms with Gasteiger partial charge in [-0.05, 0) is 43.3 Å². The van der Waals surface area contributed by atoms with Gasteiger partial charge < -0.3 is 34.2 Å². The first-order valence-corrected chi connectivity index (χ1v) is 13.1. The number of carbonyl (C=O) groups is 1. The minimum absolute atomic E-state index is 0.130. The lowest BCUT2D eigenvalue weighted by atomic mass is 10.1. The lowest BCUT2D eigenvalue weighted by Crippen LogP contribution is -2.28. The van der Waals surface area contributed by atoms with E-state index in [1.807, 2.05) is 54.9 Å². The van der Waals surface area contributed by atoms with Crippen molar-refractivity contribution in [2.24, 2.45) is 7.05 Å². The SMILES string of the molecule is COCCOCc1ccccc1OCCNC(=O)c1ccc2nc(C(C)c3nc4ccc(O)cc4[nH]3)n(C)c2c1. The molecule has 5 aromatic rings. The second-order valence-electron chi connectivity index (χ2n) is 9.54. The van der Waals surface area contributed by atoms with E-state index in [1.165, 1.54) is 0 Å². The van der Waals surface area contributed by atoms with Gasteiger partial charge in [-0.3, -0.25) is 4.79 Å². The molecule has 0 aliphatic rings. The number of aromatic nitrogens is 4. The number of nitrogens with zero attached hydrogens (tertiary/aromatic N) is 3. The maximum absolute atomic E-state index is 12.9. The van der Waals surface area contributed by atoms with Crippen molar-refractivity contribution in [2.75, 3.05) is 33.5 Å². The highest BCUT2D eigenvalue weighted by molar-refractivity contribution is 5.97. The molecule has 0 radical (unpaired) electrons. The number of H-pyrrole nitrogens is 1. The molecule has 3 N–H and O–H groups in total. The number of ether oxygens (including phenoxy) is 3. The summed E-state index contributed by atoms with van der Waals surface area (Å²) < 4.78 is 18.5. The molecular weight excluding hydrogens is 510 g/mol. The van der Waals surface area contributed by atoms with Gasteiger partial charge in [0.05, 0.1) is 54.4 Å². The first-order valence-electron chi connectivity index (χ1n) is 13.1. The Balaban J connectivity index is 1.21. The van der Waals surface area contributed by atoms with Crippen molar-refractivity contribution >= 4 is 28.0 Å². The fraction of sp³-hybridized carbons (Fsp3) is 0.300. The molecule has 0 saturated carbocycles. The minimum Gasteiger partial charge on any atom is -0.508 e. The summed E-state index contributed by atoms with van der Waals surface area (Å²) in [6, 6.07) is 18.2. The van der Waals surface area contributed by atoms with Crippen LogP contribution in [0.2, 0.25) is 0 Å².